The van der Waals surface area contributed by atoms with E-state index in [0.717, 1.165) is 36.8 Å². The molecule has 0 N–H and O–H groups in total. The van der Waals surface area contributed by atoms with Crippen molar-refractivity contribution in [1.29, 1.82) is 0 Å². The van der Waals surface area contributed by atoms with Crippen LogP contribution in [-0.4, -0.2) is 55.9 Å². The maximum absolute atomic E-state index is 13.0. The molecule has 2 saturated heterocycles. The largest absolute Gasteiger partial charge is 0.368 e. The molecule has 1 aromatic carbocycles. The fourth-order valence-corrected chi connectivity index (χ4v) is 5.80. The summed E-state index contributed by atoms with van der Waals surface area (Å²) in [7, 11) is -3.48. The SMILES string of the molecule is O=C([C@@H]1CCCO1)N1CCc2cccc(S(=O)(=O)N3CCCC3)c2C1. The van der Waals surface area contributed by atoms with E-state index in [1.165, 1.54) is 0 Å². The van der Waals surface area contributed by atoms with E-state index >= 15 is 0 Å². The Balaban J connectivity index is 1.63. The number of benzene rings is 1. The molecule has 0 unspecified atom stereocenters. The third kappa shape index (κ3) is 3.09. The van der Waals surface area contributed by atoms with Crippen LogP contribution in [-0.2, 0) is 32.5 Å². The predicted molar refractivity (Wildman–Crippen MR) is 92.5 cm³/mol. The zero-order chi connectivity index (χ0) is 17.4. The van der Waals surface area contributed by atoms with Gasteiger partial charge in [0.1, 0.15) is 6.10 Å². The first-order valence-electron chi connectivity index (χ1n) is 9.09. The highest BCUT2D eigenvalue weighted by Gasteiger charge is 2.34. The lowest BCUT2D eigenvalue weighted by atomic mass is 9.99. The van der Waals surface area contributed by atoms with Crippen LogP contribution in [0.5, 0.6) is 0 Å². The van der Waals surface area contributed by atoms with Crippen molar-refractivity contribution < 1.29 is 17.9 Å². The Kier molecular flexibility index (Phi) is 4.56. The second kappa shape index (κ2) is 6.70. The molecule has 136 valence electrons. The summed E-state index contributed by atoms with van der Waals surface area (Å²) in [5, 5.41) is 0. The molecule has 25 heavy (non-hydrogen) atoms. The van der Waals surface area contributed by atoms with Crippen LogP contribution < -0.4 is 0 Å². The third-order valence-electron chi connectivity index (χ3n) is 5.43. The van der Waals surface area contributed by atoms with Gasteiger partial charge in [-0.15, -0.1) is 0 Å². The molecule has 0 aromatic heterocycles. The number of hydrogen-bond donors (Lipinski definition) is 0. The molecule has 3 heterocycles. The Labute approximate surface area is 148 Å². The zero-order valence-corrected chi connectivity index (χ0v) is 15.1. The van der Waals surface area contributed by atoms with Gasteiger partial charge >= 0.3 is 0 Å². The summed E-state index contributed by atoms with van der Waals surface area (Å²) in [4.78, 5) is 14.8. The van der Waals surface area contributed by atoms with Crippen LogP contribution in [0.15, 0.2) is 23.1 Å². The molecular weight excluding hydrogens is 340 g/mol. The number of rotatable bonds is 3. The smallest absolute Gasteiger partial charge is 0.252 e. The number of amides is 1. The maximum Gasteiger partial charge on any atom is 0.252 e. The highest BCUT2D eigenvalue weighted by Crippen LogP contribution is 2.30. The highest BCUT2D eigenvalue weighted by atomic mass is 32.2. The molecule has 2 fully saturated rings. The molecule has 1 amide bonds. The monoisotopic (exact) mass is 364 g/mol. The van der Waals surface area contributed by atoms with E-state index in [4.69, 9.17) is 4.74 Å². The average Bonchev–Trinajstić information content (AvgIpc) is 3.33. The van der Waals surface area contributed by atoms with Crippen molar-refractivity contribution in [1.82, 2.24) is 9.21 Å². The molecule has 3 aliphatic heterocycles. The van der Waals surface area contributed by atoms with Crippen LogP contribution in [0.25, 0.3) is 0 Å². The fourth-order valence-electron chi connectivity index (χ4n) is 4.02. The van der Waals surface area contributed by atoms with Gasteiger partial charge in [0.05, 0.1) is 4.90 Å². The highest BCUT2D eigenvalue weighted by molar-refractivity contribution is 7.89. The van der Waals surface area contributed by atoms with Gasteiger partial charge in [0.2, 0.25) is 10.0 Å². The molecular formula is C18H24N2O4S. The predicted octanol–water partition coefficient (Wildman–Crippen LogP) is 1.53. The second-order valence-corrected chi connectivity index (χ2v) is 8.92. The summed E-state index contributed by atoms with van der Waals surface area (Å²) in [6.07, 6.45) is 3.84. The van der Waals surface area contributed by atoms with E-state index in [-0.39, 0.29) is 12.0 Å². The fraction of sp³-hybridized carbons (Fsp3) is 0.611. The average molecular weight is 364 g/mol. The summed E-state index contributed by atoms with van der Waals surface area (Å²) >= 11 is 0. The Morgan fingerprint density at radius 2 is 1.92 bits per heavy atom. The summed E-state index contributed by atoms with van der Waals surface area (Å²) < 4.78 is 33.2. The van der Waals surface area contributed by atoms with Crippen molar-refractivity contribution in [2.45, 2.75) is 49.6 Å². The Morgan fingerprint density at radius 3 is 2.64 bits per heavy atom. The molecule has 0 spiro atoms. The number of carbonyl (C=O) groups is 1. The second-order valence-electron chi connectivity index (χ2n) is 7.02. The minimum absolute atomic E-state index is 0.00322. The van der Waals surface area contributed by atoms with Crippen LogP contribution >= 0.6 is 0 Å². The normalized spacial score (nSPS) is 24.5. The lowest BCUT2D eigenvalue weighted by Gasteiger charge is -2.32. The number of fused-ring (bicyclic) bond motifs is 1. The number of carbonyl (C=O) groups excluding carboxylic acids is 1. The molecule has 0 radical (unpaired) electrons. The van der Waals surface area contributed by atoms with Crippen LogP contribution in [0.3, 0.4) is 0 Å². The first-order valence-corrected chi connectivity index (χ1v) is 10.5. The minimum Gasteiger partial charge on any atom is -0.368 e. The molecule has 1 aromatic rings. The molecule has 6 nitrogen and oxygen atoms in total. The minimum atomic E-state index is -3.48. The molecule has 3 aliphatic rings. The van der Waals surface area contributed by atoms with Gasteiger partial charge in [0.25, 0.3) is 5.91 Å². The van der Waals surface area contributed by atoms with Crippen molar-refractivity contribution in [2.24, 2.45) is 0 Å². The van der Waals surface area contributed by atoms with Crippen molar-refractivity contribution >= 4 is 15.9 Å². The van der Waals surface area contributed by atoms with Gasteiger partial charge in [-0.25, -0.2) is 8.42 Å². The van der Waals surface area contributed by atoms with Crippen molar-refractivity contribution in [3.05, 3.63) is 29.3 Å². The van der Waals surface area contributed by atoms with Crippen molar-refractivity contribution in [2.75, 3.05) is 26.2 Å². The van der Waals surface area contributed by atoms with Crippen LogP contribution in [0.2, 0.25) is 0 Å². The quantitative estimate of drug-likeness (QED) is 0.816. The topological polar surface area (TPSA) is 66.9 Å². The van der Waals surface area contributed by atoms with Gasteiger partial charge < -0.3 is 9.64 Å². The number of ether oxygens (including phenoxy) is 1. The van der Waals surface area contributed by atoms with Gasteiger partial charge in [-0.1, -0.05) is 12.1 Å². The van der Waals surface area contributed by atoms with Crippen molar-refractivity contribution in [3.63, 3.8) is 0 Å². The van der Waals surface area contributed by atoms with Gasteiger partial charge in [-0.05, 0) is 49.3 Å². The first kappa shape index (κ1) is 17.0. The molecule has 1 atom stereocenters. The molecule has 4 rings (SSSR count). The number of sulfonamides is 1. The van der Waals surface area contributed by atoms with E-state index in [1.54, 1.807) is 15.3 Å². The molecule has 0 saturated carbocycles. The standard InChI is InChI=1S/C18H24N2O4S/c21-18(16-6-4-12-24-16)19-11-8-14-5-3-7-17(15(14)13-19)25(22,23)20-9-1-2-10-20/h3,5,7,16H,1-2,4,6,8-13H2/t16-/m0/s1. The van der Waals surface area contributed by atoms with E-state index in [9.17, 15) is 13.2 Å². The van der Waals surface area contributed by atoms with Crippen LogP contribution in [0.4, 0.5) is 0 Å². The lowest BCUT2D eigenvalue weighted by molar-refractivity contribution is -0.141. The van der Waals surface area contributed by atoms with Gasteiger partial charge in [0.15, 0.2) is 0 Å². The Bertz CT molecular complexity index is 765. The van der Waals surface area contributed by atoms with Gasteiger partial charge in [-0.3, -0.25) is 4.79 Å². The molecule has 7 heteroatoms. The van der Waals surface area contributed by atoms with E-state index in [2.05, 4.69) is 0 Å². The Hall–Kier alpha value is -1.44. The summed E-state index contributed by atoms with van der Waals surface area (Å²) in [6, 6.07) is 5.48. The number of hydrogen-bond acceptors (Lipinski definition) is 4. The lowest BCUT2D eigenvalue weighted by Crippen LogP contribution is -2.42. The van der Waals surface area contributed by atoms with E-state index < -0.39 is 10.0 Å². The summed E-state index contributed by atoms with van der Waals surface area (Å²) in [5.74, 6) is -0.00322. The van der Waals surface area contributed by atoms with E-state index in [1.807, 2.05) is 12.1 Å². The molecule has 0 bridgehead atoms. The first-order chi connectivity index (χ1) is 12.1. The van der Waals surface area contributed by atoms with Gasteiger partial charge in [-0.2, -0.15) is 4.31 Å². The van der Waals surface area contributed by atoms with E-state index in [0.29, 0.717) is 44.1 Å². The molecule has 0 aliphatic carbocycles. The maximum atomic E-state index is 13.0. The van der Waals surface area contributed by atoms with Crippen molar-refractivity contribution in [3.8, 4) is 0 Å². The van der Waals surface area contributed by atoms with Crippen LogP contribution in [0, 0.1) is 0 Å². The third-order valence-corrected chi connectivity index (χ3v) is 7.41. The summed E-state index contributed by atoms with van der Waals surface area (Å²) in [6.45, 7) is 2.79. The number of nitrogens with zero attached hydrogens (tertiary/aromatic N) is 2. The Morgan fingerprint density at radius 1 is 1.12 bits per heavy atom. The van der Waals surface area contributed by atoms with Crippen LogP contribution in [0.1, 0.15) is 36.8 Å². The summed E-state index contributed by atoms with van der Waals surface area (Å²) in [5.41, 5.74) is 1.82. The van der Waals surface area contributed by atoms with Gasteiger partial charge in [0, 0.05) is 32.8 Å². The zero-order valence-electron chi connectivity index (χ0n) is 14.3.